The Hall–Kier alpha value is -8.68. The summed E-state index contributed by atoms with van der Waals surface area (Å²) in [6.45, 7) is 18.2. The van der Waals surface area contributed by atoms with Crippen LogP contribution in [0.1, 0.15) is 63.8 Å². The molecule has 6 heterocycles. The Kier molecular flexibility index (Phi) is 9.97. The van der Waals surface area contributed by atoms with Gasteiger partial charge in [0.05, 0.1) is 50.0 Å². The molecule has 0 amide bonds. The van der Waals surface area contributed by atoms with Crippen LogP contribution in [-0.2, 0) is 5.41 Å². The Balaban J connectivity index is 1.09. The number of hydrogen-bond acceptors (Lipinski definition) is 3. The number of imidazole rings is 1. The molecule has 1 N–H and O–H groups in total. The zero-order chi connectivity index (χ0) is 49.9. The maximum absolute atomic E-state index is 5.07. The molecule has 0 saturated carbocycles. The summed E-state index contributed by atoms with van der Waals surface area (Å²) in [6, 6.07) is 63.5. The third-order valence-corrected chi connectivity index (χ3v) is 14.9. The third kappa shape index (κ3) is 7.01. The zero-order valence-electron chi connectivity index (χ0n) is 42.7. The van der Waals surface area contributed by atoms with E-state index in [4.69, 9.17) is 4.98 Å². The second kappa shape index (κ2) is 16.4. The highest BCUT2D eigenvalue weighted by atomic mass is 15.2. The molecule has 73 heavy (non-hydrogen) atoms. The summed E-state index contributed by atoms with van der Waals surface area (Å²) in [7, 11) is 0. The lowest BCUT2D eigenvalue weighted by molar-refractivity contribution is -0.571. The predicted molar refractivity (Wildman–Crippen MR) is 301 cm³/mol. The van der Waals surface area contributed by atoms with Crippen LogP contribution in [-0.4, -0.2) is 24.2 Å². The summed E-state index contributed by atoms with van der Waals surface area (Å²) in [5.41, 5.74) is 20.0. The van der Waals surface area contributed by atoms with Crippen molar-refractivity contribution >= 4 is 51.4 Å². The van der Waals surface area contributed by atoms with Crippen molar-refractivity contribution in [2.75, 3.05) is 10.2 Å². The van der Waals surface area contributed by atoms with Gasteiger partial charge in [0.2, 0.25) is 0 Å². The van der Waals surface area contributed by atoms with Crippen LogP contribution in [0.5, 0.6) is 0 Å². The van der Waals surface area contributed by atoms with E-state index in [0.717, 1.165) is 101 Å². The van der Waals surface area contributed by atoms with Gasteiger partial charge in [0.25, 0.3) is 6.33 Å². The van der Waals surface area contributed by atoms with Gasteiger partial charge in [-0.2, -0.15) is 0 Å². The van der Waals surface area contributed by atoms with E-state index in [2.05, 4.69) is 278 Å². The summed E-state index contributed by atoms with van der Waals surface area (Å²) in [5, 5.41) is 7.58. The molecule has 0 radical (unpaired) electrons. The minimum atomic E-state index is -0.259. The summed E-state index contributed by atoms with van der Waals surface area (Å²) in [6.07, 6.45) is 10.7. The number of rotatable bonds is 6. The second-order valence-corrected chi connectivity index (χ2v) is 21.7. The molecular weight excluding hydrogens is 891 g/mol. The van der Waals surface area contributed by atoms with Gasteiger partial charge in [-0.15, -0.1) is 0 Å². The van der Waals surface area contributed by atoms with Crippen LogP contribution in [0.3, 0.4) is 0 Å². The quantitative estimate of drug-likeness (QED) is 0.133. The van der Waals surface area contributed by atoms with Crippen molar-refractivity contribution in [3.05, 3.63) is 221 Å². The average Bonchev–Trinajstić information content (AvgIpc) is 4.06. The molecule has 0 spiro atoms. The molecule has 2 aliphatic heterocycles. The highest BCUT2D eigenvalue weighted by Crippen LogP contribution is 2.45. The van der Waals surface area contributed by atoms with Gasteiger partial charge >= 0.3 is 0 Å². The number of pyridine rings is 1. The van der Waals surface area contributed by atoms with Gasteiger partial charge in [-0.3, -0.25) is 13.7 Å². The van der Waals surface area contributed by atoms with E-state index in [-0.39, 0.29) is 11.0 Å². The molecule has 13 rings (SSSR count). The van der Waals surface area contributed by atoms with Crippen molar-refractivity contribution < 1.29 is 4.57 Å². The Morgan fingerprint density at radius 3 is 1.92 bits per heavy atom. The van der Waals surface area contributed by atoms with E-state index in [9.17, 15) is 0 Å². The Morgan fingerprint density at radius 1 is 0.589 bits per heavy atom. The summed E-state index contributed by atoms with van der Waals surface area (Å²) < 4.78 is 9.37. The van der Waals surface area contributed by atoms with Crippen molar-refractivity contribution in [1.82, 2.24) is 18.7 Å². The number of benzene rings is 7. The first kappa shape index (κ1) is 44.3. The SMILES string of the molecule is Cc1cccc(C)c1-n1c2c(c3c1=CN(C(C)(C)C)c1ccc(-n4[c-][n+](-c5c(-c6ccccc6)cccc5-c5ccccc5)c5ccccc54)cc1-3)Nc1c(c3ccccc3n1-c1cc(C(C)(C)C)ccn1)C=2. The molecule has 2 aliphatic rings. The first-order valence-corrected chi connectivity index (χ1v) is 25.4. The van der Waals surface area contributed by atoms with E-state index in [1.54, 1.807) is 0 Å². The predicted octanol–water partition coefficient (Wildman–Crippen LogP) is 14.0. The molecule has 0 atom stereocenters. The number of hydrogen-bond donors (Lipinski definition) is 1. The molecule has 0 bridgehead atoms. The van der Waals surface area contributed by atoms with Crippen LogP contribution < -0.4 is 25.5 Å². The number of para-hydroxylation sites is 5. The van der Waals surface area contributed by atoms with Gasteiger partial charge < -0.3 is 14.8 Å². The number of aryl methyl sites for hydroxylation is 2. The Labute approximate surface area is 426 Å². The number of nitrogens with one attached hydrogen (secondary N) is 1. The van der Waals surface area contributed by atoms with Crippen LogP contribution in [0, 0.1) is 20.2 Å². The fraction of sp³-hybridized carbons (Fsp3) is 0.152. The molecule has 0 saturated heterocycles. The summed E-state index contributed by atoms with van der Waals surface area (Å²) >= 11 is 0. The average molecular weight is 948 g/mol. The largest absolute Gasteiger partial charge is 0.340 e. The lowest BCUT2D eigenvalue weighted by atomic mass is 9.88. The minimum absolute atomic E-state index is 0.0531. The third-order valence-electron chi connectivity index (χ3n) is 14.9. The van der Waals surface area contributed by atoms with Crippen LogP contribution in [0.15, 0.2) is 182 Å². The molecule has 0 unspecified atom stereocenters. The summed E-state index contributed by atoms with van der Waals surface area (Å²) in [4.78, 5) is 7.53. The van der Waals surface area contributed by atoms with E-state index >= 15 is 0 Å². The van der Waals surface area contributed by atoms with Gasteiger partial charge in [0.1, 0.15) is 11.6 Å². The Morgan fingerprint density at radius 2 is 1.23 bits per heavy atom. The van der Waals surface area contributed by atoms with Crippen LogP contribution in [0.4, 0.5) is 17.2 Å². The molecule has 11 aromatic rings. The standard InChI is InChI=1S/C66H57N7/c1-42-21-19-22-43(2)62(42)72-57-39-51-50-27-15-16-30-54(50)73(59-37-46(35-36-67-59)65(3,4)5)64(51)68-61(57)60-52-38-47(33-34-53(52)71(40-58(60)72)66(6,7)8)69-41-70(56-32-18-17-31-55(56)69)63-48(44-23-11-9-12-24-44)28-20-29-49(63)45-25-13-10-14-26-45/h9-40,68H,1-8H3. The monoisotopic (exact) mass is 947 g/mol. The van der Waals surface area contributed by atoms with Crippen molar-refractivity contribution in [2.24, 2.45) is 0 Å². The van der Waals surface area contributed by atoms with Gasteiger partial charge in [0.15, 0.2) is 0 Å². The van der Waals surface area contributed by atoms with Crippen LogP contribution in [0.25, 0.3) is 90.5 Å². The number of fused-ring (bicyclic) bond motifs is 9. The molecule has 0 fully saturated rings. The van der Waals surface area contributed by atoms with Gasteiger partial charge in [-0.05, 0) is 121 Å². The van der Waals surface area contributed by atoms with Gasteiger partial charge in [-0.1, -0.05) is 160 Å². The smallest absolute Gasteiger partial charge is 0.269 e. The maximum atomic E-state index is 5.07. The molecule has 0 aliphatic carbocycles. The van der Waals surface area contributed by atoms with Crippen molar-refractivity contribution in [2.45, 2.75) is 66.3 Å². The van der Waals surface area contributed by atoms with Crippen molar-refractivity contribution in [1.29, 1.82) is 0 Å². The molecule has 356 valence electrons. The number of nitrogens with zero attached hydrogens (tertiary/aromatic N) is 6. The maximum Gasteiger partial charge on any atom is 0.269 e. The molecule has 4 aromatic heterocycles. The number of aromatic nitrogens is 5. The van der Waals surface area contributed by atoms with E-state index in [1.165, 1.54) is 27.8 Å². The summed E-state index contributed by atoms with van der Waals surface area (Å²) in [5.74, 6) is 1.89. The highest BCUT2D eigenvalue weighted by molar-refractivity contribution is 6.04. The van der Waals surface area contributed by atoms with E-state index < -0.39 is 0 Å². The van der Waals surface area contributed by atoms with Crippen molar-refractivity contribution in [3.8, 4) is 56.3 Å². The van der Waals surface area contributed by atoms with Gasteiger partial charge in [-0.25, -0.2) is 4.98 Å². The molecule has 7 nitrogen and oxygen atoms in total. The second-order valence-electron chi connectivity index (χ2n) is 21.7. The lowest BCUT2D eigenvalue weighted by Gasteiger charge is -2.38. The fourth-order valence-corrected chi connectivity index (χ4v) is 11.4. The molecule has 7 heteroatoms. The van der Waals surface area contributed by atoms with Crippen LogP contribution in [0.2, 0.25) is 0 Å². The lowest BCUT2D eigenvalue weighted by Crippen LogP contribution is -2.42. The van der Waals surface area contributed by atoms with Crippen LogP contribution >= 0.6 is 0 Å². The first-order chi connectivity index (χ1) is 35.3. The highest BCUT2D eigenvalue weighted by Gasteiger charge is 2.34. The van der Waals surface area contributed by atoms with Gasteiger partial charge in [0, 0.05) is 45.7 Å². The molecular formula is C66H57N7. The number of anilines is 3. The normalized spacial score (nSPS) is 13.0. The van der Waals surface area contributed by atoms with Crippen molar-refractivity contribution in [3.63, 3.8) is 0 Å². The zero-order valence-corrected chi connectivity index (χ0v) is 42.7. The topological polar surface area (TPSA) is 46.8 Å². The molecule has 7 aromatic carbocycles. The first-order valence-electron chi connectivity index (χ1n) is 25.4. The van der Waals surface area contributed by atoms with E-state index in [0.29, 0.717) is 0 Å². The van der Waals surface area contributed by atoms with E-state index in [1.807, 2.05) is 6.20 Å². The minimum Gasteiger partial charge on any atom is -0.340 e. The Bertz CT molecular complexity index is 4080. The fourth-order valence-electron chi connectivity index (χ4n) is 11.4.